The maximum atomic E-state index is 12.3. The van der Waals surface area contributed by atoms with E-state index in [4.69, 9.17) is 5.11 Å². The number of carbonyl (C=O) groups excluding carboxylic acids is 1. The Kier molecular flexibility index (Phi) is 7.27. The standard InChI is InChI=1S/C19H24F3N5O3/c20-19(21,22)30-16-6-4-14(5-7-16)11-26-9-1-3-15(12-26)27-13-17(24-25-27)18(29)23-8-2-10-28/h4-7,13,15,28H,1-3,8-12H2,(H,23,29)/t15-/m1/s1. The average molecular weight is 427 g/mol. The van der Waals surface area contributed by atoms with Gasteiger partial charge in [0.05, 0.1) is 12.2 Å². The van der Waals surface area contributed by atoms with E-state index in [1.54, 1.807) is 23.0 Å². The number of ether oxygens (including phenoxy) is 1. The van der Waals surface area contributed by atoms with Crippen molar-refractivity contribution in [3.63, 3.8) is 0 Å². The van der Waals surface area contributed by atoms with E-state index in [1.165, 1.54) is 12.1 Å². The number of hydrogen-bond acceptors (Lipinski definition) is 6. The molecule has 0 unspecified atom stereocenters. The number of carbonyl (C=O) groups is 1. The molecule has 1 saturated heterocycles. The number of amides is 1. The molecule has 0 radical (unpaired) electrons. The lowest BCUT2D eigenvalue weighted by atomic mass is 10.0. The van der Waals surface area contributed by atoms with E-state index in [0.717, 1.165) is 24.9 Å². The minimum atomic E-state index is -4.70. The molecular formula is C19H24F3N5O3. The van der Waals surface area contributed by atoms with Crippen LogP contribution in [0.3, 0.4) is 0 Å². The van der Waals surface area contributed by atoms with Crippen molar-refractivity contribution in [2.24, 2.45) is 0 Å². The lowest BCUT2D eigenvalue weighted by Crippen LogP contribution is -2.36. The van der Waals surface area contributed by atoms with Gasteiger partial charge in [-0.3, -0.25) is 9.69 Å². The number of aliphatic hydroxyl groups is 1. The number of hydrogen-bond donors (Lipinski definition) is 2. The fourth-order valence-corrected chi connectivity index (χ4v) is 3.38. The predicted octanol–water partition coefficient (Wildman–Crippen LogP) is 2.13. The Hall–Kier alpha value is -2.66. The van der Waals surface area contributed by atoms with E-state index in [1.807, 2.05) is 0 Å². The quantitative estimate of drug-likeness (QED) is 0.627. The molecule has 1 aliphatic rings. The topological polar surface area (TPSA) is 92.5 Å². The maximum absolute atomic E-state index is 12.3. The number of nitrogens with one attached hydrogen (secondary N) is 1. The van der Waals surface area contributed by atoms with Crippen molar-refractivity contribution >= 4 is 5.91 Å². The Morgan fingerprint density at radius 2 is 2.07 bits per heavy atom. The number of aliphatic hydroxyl groups excluding tert-OH is 1. The van der Waals surface area contributed by atoms with E-state index in [9.17, 15) is 18.0 Å². The van der Waals surface area contributed by atoms with Crippen molar-refractivity contribution in [3.8, 4) is 5.75 Å². The van der Waals surface area contributed by atoms with Gasteiger partial charge in [0, 0.05) is 26.2 Å². The maximum Gasteiger partial charge on any atom is 0.573 e. The molecule has 8 nitrogen and oxygen atoms in total. The Morgan fingerprint density at radius 3 is 2.77 bits per heavy atom. The second-order valence-electron chi connectivity index (χ2n) is 7.14. The molecule has 0 spiro atoms. The minimum Gasteiger partial charge on any atom is -0.406 e. The summed E-state index contributed by atoms with van der Waals surface area (Å²) < 4.78 is 42.4. The van der Waals surface area contributed by atoms with Crippen molar-refractivity contribution in [2.75, 3.05) is 26.2 Å². The summed E-state index contributed by atoms with van der Waals surface area (Å²) in [5, 5.41) is 19.5. The van der Waals surface area contributed by atoms with Crippen LogP contribution in [0.1, 0.15) is 41.4 Å². The molecule has 11 heteroatoms. The highest BCUT2D eigenvalue weighted by molar-refractivity contribution is 5.91. The zero-order chi connectivity index (χ0) is 21.6. The van der Waals surface area contributed by atoms with E-state index >= 15 is 0 Å². The summed E-state index contributed by atoms with van der Waals surface area (Å²) >= 11 is 0. The number of halogens is 3. The molecule has 2 aromatic rings. The van der Waals surface area contributed by atoms with Crippen LogP contribution in [-0.2, 0) is 6.54 Å². The van der Waals surface area contributed by atoms with Crippen LogP contribution in [-0.4, -0.2) is 63.5 Å². The van der Waals surface area contributed by atoms with Crippen molar-refractivity contribution in [1.82, 2.24) is 25.2 Å². The first kappa shape index (κ1) is 22.0. The summed E-state index contributed by atoms with van der Waals surface area (Å²) in [5.41, 5.74) is 1.11. The van der Waals surface area contributed by atoms with Crippen molar-refractivity contribution < 1.29 is 27.8 Å². The van der Waals surface area contributed by atoms with Crippen LogP contribution >= 0.6 is 0 Å². The number of piperidine rings is 1. The van der Waals surface area contributed by atoms with Crippen LogP contribution < -0.4 is 10.1 Å². The fraction of sp³-hybridized carbons (Fsp3) is 0.526. The molecule has 0 saturated carbocycles. The molecule has 0 aliphatic carbocycles. The summed E-state index contributed by atoms with van der Waals surface area (Å²) in [6.07, 6.45) is -0.790. The Balaban J connectivity index is 1.55. The molecule has 1 aromatic carbocycles. The smallest absolute Gasteiger partial charge is 0.406 e. The van der Waals surface area contributed by atoms with Crippen LogP contribution in [0.4, 0.5) is 13.2 Å². The number of rotatable bonds is 8. The second-order valence-corrected chi connectivity index (χ2v) is 7.14. The van der Waals surface area contributed by atoms with Gasteiger partial charge in [0.15, 0.2) is 5.69 Å². The zero-order valence-electron chi connectivity index (χ0n) is 16.3. The minimum absolute atomic E-state index is 0.00294. The lowest BCUT2D eigenvalue weighted by molar-refractivity contribution is -0.274. The van der Waals surface area contributed by atoms with Gasteiger partial charge >= 0.3 is 6.36 Å². The summed E-state index contributed by atoms with van der Waals surface area (Å²) in [7, 11) is 0. The van der Waals surface area contributed by atoms with Crippen LogP contribution in [0.15, 0.2) is 30.5 Å². The van der Waals surface area contributed by atoms with Gasteiger partial charge in [-0.1, -0.05) is 17.3 Å². The van der Waals surface area contributed by atoms with Gasteiger partial charge in [0.25, 0.3) is 5.91 Å². The van der Waals surface area contributed by atoms with E-state index in [-0.39, 0.29) is 30.0 Å². The first-order chi connectivity index (χ1) is 14.3. The largest absolute Gasteiger partial charge is 0.573 e. The third-order valence-corrected chi connectivity index (χ3v) is 4.78. The van der Waals surface area contributed by atoms with Crippen LogP contribution in [0.5, 0.6) is 5.75 Å². The monoisotopic (exact) mass is 427 g/mol. The SMILES string of the molecule is O=C(NCCCO)c1cn([C@@H]2CCCN(Cc3ccc(OC(F)(F)F)cc3)C2)nn1. The van der Waals surface area contributed by atoms with Crippen LogP contribution in [0.2, 0.25) is 0 Å². The first-order valence-corrected chi connectivity index (χ1v) is 9.72. The van der Waals surface area contributed by atoms with E-state index < -0.39 is 6.36 Å². The molecule has 1 atom stereocenters. The predicted molar refractivity (Wildman–Crippen MR) is 101 cm³/mol. The van der Waals surface area contributed by atoms with Gasteiger partial charge in [0.1, 0.15) is 5.75 Å². The van der Waals surface area contributed by atoms with Crippen molar-refractivity contribution in [3.05, 3.63) is 41.7 Å². The Bertz CT molecular complexity index is 826. The van der Waals surface area contributed by atoms with E-state index in [2.05, 4.69) is 25.3 Å². The average Bonchev–Trinajstić information content (AvgIpc) is 3.19. The van der Waals surface area contributed by atoms with Gasteiger partial charge in [-0.2, -0.15) is 0 Å². The zero-order valence-corrected chi connectivity index (χ0v) is 16.3. The van der Waals surface area contributed by atoms with Crippen LogP contribution in [0.25, 0.3) is 0 Å². The van der Waals surface area contributed by atoms with Gasteiger partial charge in [-0.25, -0.2) is 4.68 Å². The van der Waals surface area contributed by atoms with Crippen LogP contribution in [0, 0.1) is 0 Å². The molecule has 164 valence electrons. The number of likely N-dealkylation sites (tertiary alicyclic amines) is 1. The number of nitrogens with zero attached hydrogens (tertiary/aromatic N) is 4. The van der Waals surface area contributed by atoms with Gasteiger partial charge in [-0.05, 0) is 43.5 Å². The molecule has 1 fully saturated rings. The molecule has 1 aromatic heterocycles. The summed E-state index contributed by atoms with van der Waals surface area (Å²) in [6, 6.07) is 5.91. The Labute approximate surface area is 171 Å². The van der Waals surface area contributed by atoms with Gasteiger partial charge < -0.3 is 15.2 Å². The number of aromatic nitrogens is 3. The molecule has 30 heavy (non-hydrogen) atoms. The highest BCUT2D eigenvalue weighted by atomic mass is 19.4. The third kappa shape index (κ3) is 6.42. The summed E-state index contributed by atoms with van der Waals surface area (Å²) in [5.74, 6) is -0.571. The molecule has 2 N–H and O–H groups in total. The van der Waals surface area contributed by atoms with E-state index in [0.29, 0.717) is 26.1 Å². The third-order valence-electron chi connectivity index (χ3n) is 4.78. The normalized spacial score (nSPS) is 17.7. The van der Waals surface area contributed by atoms with Gasteiger partial charge in [0.2, 0.25) is 0 Å². The Morgan fingerprint density at radius 1 is 1.30 bits per heavy atom. The lowest BCUT2D eigenvalue weighted by Gasteiger charge is -2.32. The summed E-state index contributed by atoms with van der Waals surface area (Å²) in [4.78, 5) is 14.2. The summed E-state index contributed by atoms with van der Waals surface area (Å²) in [6.45, 7) is 2.51. The molecule has 2 heterocycles. The van der Waals surface area contributed by atoms with Gasteiger partial charge in [-0.15, -0.1) is 18.3 Å². The van der Waals surface area contributed by atoms with Crippen molar-refractivity contribution in [1.29, 1.82) is 0 Å². The molecule has 1 amide bonds. The highest BCUT2D eigenvalue weighted by Gasteiger charge is 2.31. The second kappa shape index (κ2) is 9.90. The fourth-order valence-electron chi connectivity index (χ4n) is 3.38. The molecule has 1 aliphatic heterocycles. The molecular weight excluding hydrogens is 403 g/mol. The number of alkyl halides is 3. The number of benzene rings is 1. The molecule has 3 rings (SSSR count). The first-order valence-electron chi connectivity index (χ1n) is 9.72. The highest BCUT2D eigenvalue weighted by Crippen LogP contribution is 2.25. The molecule has 0 bridgehead atoms. The van der Waals surface area contributed by atoms with Crippen molar-refractivity contribution in [2.45, 2.75) is 38.2 Å².